The first-order valence-corrected chi connectivity index (χ1v) is 11.4. The number of carbonyl (C=O) groups excluding carboxylic acids is 1. The normalized spacial score (nSPS) is 24.3. The van der Waals surface area contributed by atoms with Crippen LogP contribution in [0.1, 0.15) is 36.3 Å². The smallest absolute Gasteiger partial charge is 0.373 e. The fourth-order valence-electron chi connectivity index (χ4n) is 4.30. The molecule has 2 aromatic carbocycles. The van der Waals surface area contributed by atoms with Gasteiger partial charge in [0.1, 0.15) is 0 Å². The molecule has 0 amide bonds. The van der Waals surface area contributed by atoms with Gasteiger partial charge < -0.3 is 9.47 Å². The maximum absolute atomic E-state index is 13.5. The summed E-state index contributed by atoms with van der Waals surface area (Å²) in [5.74, 6) is -0.707. The van der Waals surface area contributed by atoms with Crippen LogP contribution >= 0.6 is 0 Å². The Bertz CT molecular complexity index is 1060. The maximum Gasteiger partial charge on any atom is 0.373 e. The van der Waals surface area contributed by atoms with Gasteiger partial charge in [-0.05, 0) is 37.1 Å². The zero-order valence-electron chi connectivity index (χ0n) is 17.1. The van der Waals surface area contributed by atoms with E-state index in [1.165, 1.54) is 11.4 Å². The van der Waals surface area contributed by atoms with Crippen molar-refractivity contribution in [2.75, 3.05) is 13.7 Å². The molecule has 0 aliphatic carbocycles. The Balaban J connectivity index is 1.76. The molecule has 1 spiro atoms. The number of aryl methyl sites for hydroxylation is 1. The number of hydrogen-bond acceptors (Lipinski definition) is 5. The third-order valence-electron chi connectivity index (χ3n) is 5.80. The maximum atomic E-state index is 13.5. The number of rotatable bonds is 4. The second-order valence-electron chi connectivity index (χ2n) is 7.79. The average Bonchev–Trinajstić information content (AvgIpc) is 3.16. The molecule has 158 valence electrons. The van der Waals surface area contributed by atoms with Gasteiger partial charge in [0.15, 0.2) is 5.72 Å². The second kappa shape index (κ2) is 7.89. The van der Waals surface area contributed by atoms with Gasteiger partial charge in [-0.1, -0.05) is 48.0 Å². The van der Waals surface area contributed by atoms with Crippen LogP contribution in [0.15, 0.2) is 71.3 Å². The van der Waals surface area contributed by atoms with E-state index in [1.807, 2.05) is 37.3 Å². The highest BCUT2D eigenvalue weighted by molar-refractivity contribution is 7.89. The zero-order chi connectivity index (χ0) is 21.4. The van der Waals surface area contributed by atoms with Crippen LogP contribution in [0.3, 0.4) is 0 Å². The number of esters is 1. The molecule has 6 nitrogen and oxygen atoms in total. The molecule has 0 N–H and O–H groups in total. The van der Waals surface area contributed by atoms with Gasteiger partial charge >= 0.3 is 5.97 Å². The van der Waals surface area contributed by atoms with Gasteiger partial charge in [-0.2, -0.15) is 4.31 Å². The molecule has 0 saturated carbocycles. The van der Waals surface area contributed by atoms with Crippen molar-refractivity contribution in [2.45, 2.75) is 42.7 Å². The van der Waals surface area contributed by atoms with E-state index in [2.05, 4.69) is 0 Å². The zero-order valence-corrected chi connectivity index (χ0v) is 17.9. The van der Waals surface area contributed by atoms with E-state index in [4.69, 9.17) is 9.47 Å². The minimum Gasteiger partial charge on any atom is -0.464 e. The van der Waals surface area contributed by atoms with Crippen molar-refractivity contribution >= 4 is 16.0 Å². The summed E-state index contributed by atoms with van der Waals surface area (Å²) in [6.45, 7) is 2.25. The highest BCUT2D eigenvalue weighted by Crippen LogP contribution is 2.47. The Morgan fingerprint density at radius 1 is 1.13 bits per heavy atom. The minimum atomic E-state index is -3.80. The summed E-state index contributed by atoms with van der Waals surface area (Å²) in [5, 5.41) is 0. The quantitative estimate of drug-likeness (QED) is 0.695. The molecule has 0 bridgehead atoms. The first kappa shape index (κ1) is 20.6. The molecule has 2 aromatic rings. The Morgan fingerprint density at radius 2 is 1.83 bits per heavy atom. The lowest BCUT2D eigenvalue weighted by atomic mass is 9.87. The third-order valence-corrected chi connectivity index (χ3v) is 7.76. The topological polar surface area (TPSA) is 72.9 Å². The predicted octanol–water partition coefficient (Wildman–Crippen LogP) is 3.74. The first-order valence-electron chi connectivity index (χ1n) is 9.99. The van der Waals surface area contributed by atoms with E-state index in [1.54, 1.807) is 30.3 Å². The highest BCUT2D eigenvalue weighted by atomic mass is 32.2. The molecule has 2 atom stereocenters. The molecule has 2 heterocycles. The van der Waals surface area contributed by atoms with Gasteiger partial charge in [-0.15, -0.1) is 0 Å². The standard InChI is InChI=1S/C23H25NO5S/c1-17-9-11-20(12-10-17)30(26,27)24-14-6-13-23(24)16-19(18-7-4-3-5-8-18)15-21(29-23)22(25)28-2/h3-5,7-12,15,19H,6,13-14,16H2,1-2H3/t19-,23+/m1/s1. The first-order chi connectivity index (χ1) is 14.4. The van der Waals surface area contributed by atoms with Gasteiger partial charge in [0, 0.05) is 25.3 Å². The molecule has 1 saturated heterocycles. The van der Waals surface area contributed by atoms with E-state index in [-0.39, 0.29) is 16.6 Å². The van der Waals surface area contributed by atoms with E-state index in [9.17, 15) is 13.2 Å². The summed E-state index contributed by atoms with van der Waals surface area (Å²) >= 11 is 0. The third kappa shape index (κ3) is 3.63. The summed E-state index contributed by atoms with van der Waals surface area (Å²) in [6.07, 6.45) is 3.33. The van der Waals surface area contributed by atoms with Gasteiger partial charge in [0.2, 0.25) is 15.8 Å². The summed E-state index contributed by atoms with van der Waals surface area (Å²) < 4.78 is 39.5. The lowest BCUT2D eigenvalue weighted by Gasteiger charge is -2.42. The summed E-state index contributed by atoms with van der Waals surface area (Å²) in [4.78, 5) is 12.6. The number of carbonyl (C=O) groups is 1. The van der Waals surface area contributed by atoms with Crippen molar-refractivity contribution in [3.05, 3.63) is 77.6 Å². The van der Waals surface area contributed by atoms with Crippen molar-refractivity contribution in [1.82, 2.24) is 4.31 Å². The van der Waals surface area contributed by atoms with Crippen LogP contribution in [0.2, 0.25) is 0 Å². The van der Waals surface area contributed by atoms with Crippen molar-refractivity contribution in [1.29, 1.82) is 0 Å². The summed E-state index contributed by atoms with van der Waals surface area (Å²) in [7, 11) is -2.50. The molecule has 4 rings (SSSR count). The van der Waals surface area contributed by atoms with Crippen molar-refractivity contribution in [2.24, 2.45) is 0 Å². The second-order valence-corrected chi connectivity index (χ2v) is 9.65. The van der Waals surface area contributed by atoms with Gasteiger partial charge in [0.25, 0.3) is 0 Å². The fraction of sp³-hybridized carbons (Fsp3) is 0.348. The van der Waals surface area contributed by atoms with Crippen LogP contribution in [0, 0.1) is 6.92 Å². The average molecular weight is 428 g/mol. The summed E-state index contributed by atoms with van der Waals surface area (Å²) in [5.41, 5.74) is 0.864. The number of sulfonamides is 1. The lowest BCUT2D eigenvalue weighted by molar-refractivity contribution is -0.151. The monoisotopic (exact) mass is 427 g/mol. The number of ether oxygens (including phenoxy) is 2. The molecule has 1 fully saturated rings. The van der Waals surface area contributed by atoms with E-state index in [0.717, 1.165) is 11.1 Å². The van der Waals surface area contributed by atoms with Gasteiger partial charge in [0.05, 0.1) is 12.0 Å². The Kier molecular flexibility index (Phi) is 5.42. The van der Waals surface area contributed by atoms with Gasteiger partial charge in [-0.25, -0.2) is 13.2 Å². The molecular weight excluding hydrogens is 402 g/mol. The number of benzene rings is 2. The van der Waals surface area contributed by atoms with Crippen LogP contribution in [0.4, 0.5) is 0 Å². The van der Waals surface area contributed by atoms with Crippen LogP contribution < -0.4 is 0 Å². The van der Waals surface area contributed by atoms with E-state index >= 15 is 0 Å². The molecule has 30 heavy (non-hydrogen) atoms. The van der Waals surface area contributed by atoms with Crippen molar-refractivity contribution < 1.29 is 22.7 Å². The SMILES string of the molecule is COC(=O)C1=C[C@@H](c2ccccc2)C[C@]2(CCCN2S(=O)(=O)c2ccc(C)cc2)O1. The van der Waals surface area contributed by atoms with Crippen LogP contribution in [0.25, 0.3) is 0 Å². The van der Waals surface area contributed by atoms with Crippen LogP contribution in [-0.2, 0) is 24.3 Å². The number of allylic oxidation sites excluding steroid dienone is 1. The molecule has 7 heteroatoms. The van der Waals surface area contributed by atoms with Crippen molar-refractivity contribution in [3.63, 3.8) is 0 Å². The lowest BCUT2D eigenvalue weighted by Crippen LogP contribution is -2.51. The van der Waals surface area contributed by atoms with Crippen LogP contribution in [0.5, 0.6) is 0 Å². The fourth-order valence-corrected chi connectivity index (χ4v) is 6.05. The molecule has 0 unspecified atom stereocenters. The largest absolute Gasteiger partial charge is 0.464 e. The number of hydrogen-bond donors (Lipinski definition) is 0. The Hall–Kier alpha value is -2.64. The molecule has 0 aromatic heterocycles. The van der Waals surface area contributed by atoms with E-state index < -0.39 is 21.7 Å². The highest BCUT2D eigenvalue weighted by Gasteiger charge is 2.53. The molecular formula is C23H25NO5S. The Morgan fingerprint density at radius 3 is 2.50 bits per heavy atom. The predicted molar refractivity (Wildman–Crippen MR) is 112 cm³/mol. The number of nitrogens with zero attached hydrogens (tertiary/aromatic N) is 1. The number of methoxy groups -OCH3 is 1. The molecule has 2 aliphatic rings. The molecule has 2 aliphatic heterocycles. The van der Waals surface area contributed by atoms with E-state index in [0.29, 0.717) is 25.8 Å². The minimum absolute atomic E-state index is 0.0589. The molecule has 0 radical (unpaired) electrons. The van der Waals surface area contributed by atoms with Crippen LogP contribution in [-0.4, -0.2) is 38.1 Å². The summed E-state index contributed by atoms with van der Waals surface area (Å²) in [6, 6.07) is 16.5. The van der Waals surface area contributed by atoms with Crippen molar-refractivity contribution in [3.8, 4) is 0 Å². The van der Waals surface area contributed by atoms with Gasteiger partial charge in [-0.3, -0.25) is 0 Å². The Labute approximate surface area is 177 Å².